The molecule has 0 aliphatic heterocycles. The third-order valence-electron chi connectivity index (χ3n) is 2.33. The molecular weight excluding hydrogens is 221 g/mol. The van der Waals surface area contributed by atoms with Gasteiger partial charge in [-0.2, -0.15) is 0 Å². The molecule has 4 nitrogen and oxygen atoms in total. The van der Waals surface area contributed by atoms with E-state index in [1.807, 2.05) is 0 Å². The zero-order valence-corrected chi connectivity index (χ0v) is 9.33. The first-order valence-electron chi connectivity index (χ1n) is 5.19. The van der Waals surface area contributed by atoms with Crippen molar-refractivity contribution in [3.63, 3.8) is 0 Å². The highest BCUT2D eigenvalue weighted by Crippen LogP contribution is 2.14. The topological polar surface area (TPSA) is 57.8 Å². The molecule has 1 aromatic heterocycles. The van der Waals surface area contributed by atoms with E-state index in [9.17, 15) is 9.18 Å². The number of benzene rings is 1. The Hall–Kier alpha value is -2.01. The molecule has 0 atom stereocenters. The maximum Gasteiger partial charge on any atom is 0.258 e. The van der Waals surface area contributed by atoms with E-state index in [0.717, 1.165) is 0 Å². The van der Waals surface area contributed by atoms with Crippen molar-refractivity contribution < 1.29 is 4.39 Å². The average molecular weight is 233 g/mol. The zero-order chi connectivity index (χ0) is 12.3. The molecule has 88 valence electrons. The van der Waals surface area contributed by atoms with Crippen molar-refractivity contribution in [2.45, 2.75) is 6.54 Å². The van der Waals surface area contributed by atoms with Crippen LogP contribution in [0.1, 0.15) is 5.82 Å². The molecule has 17 heavy (non-hydrogen) atoms. The summed E-state index contributed by atoms with van der Waals surface area (Å²) in [5, 5.41) is 2.89. The van der Waals surface area contributed by atoms with Crippen LogP contribution in [-0.2, 0) is 6.54 Å². The van der Waals surface area contributed by atoms with Crippen molar-refractivity contribution >= 4 is 0 Å². The summed E-state index contributed by atoms with van der Waals surface area (Å²) in [7, 11) is 1.76. The molecule has 0 radical (unpaired) electrons. The van der Waals surface area contributed by atoms with Crippen LogP contribution in [0.2, 0.25) is 0 Å². The fourth-order valence-corrected chi connectivity index (χ4v) is 1.55. The second-order valence-electron chi connectivity index (χ2n) is 3.61. The van der Waals surface area contributed by atoms with Gasteiger partial charge in [-0.05, 0) is 24.7 Å². The standard InChI is InChI=1S/C12H12FN3O/c1-14-7-11-15-6-10(12(17)16-11)8-3-2-4-9(13)5-8/h2-6,14H,7H2,1H3,(H,15,16,17). The molecule has 0 saturated heterocycles. The van der Waals surface area contributed by atoms with E-state index in [2.05, 4.69) is 15.3 Å². The van der Waals surface area contributed by atoms with Gasteiger partial charge in [-0.15, -0.1) is 0 Å². The molecule has 0 aliphatic rings. The van der Waals surface area contributed by atoms with Gasteiger partial charge >= 0.3 is 0 Å². The summed E-state index contributed by atoms with van der Waals surface area (Å²) in [6.45, 7) is 0.485. The lowest BCUT2D eigenvalue weighted by Gasteiger charge is -2.03. The maximum atomic E-state index is 13.0. The average Bonchev–Trinajstić information content (AvgIpc) is 2.29. The monoisotopic (exact) mass is 233 g/mol. The van der Waals surface area contributed by atoms with Crippen molar-refractivity contribution in [3.05, 3.63) is 52.5 Å². The fraction of sp³-hybridized carbons (Fsp3) is 0.167. The summed E-state index contributed by atoms with van der Waals surface area (Å²) in [5.41, 5.74) is 0.620. The summed E-state index contributed by atoms with van der Waals surface area (Å²) in [5.74, 6) is 0.179. The van der Waals surface area contributed by atoms with Gasteiger partial charge in [0.1, 0.15) is 11.6 Å². The first kappa shape index (κ1) is 11.5. The SMILES string of the molecule is CNCc1ncc(-c2cccc(F)c2)c(=O)[nH]1. The van der Waals surface area contributed by atoms with Crippen LogP contribution >= 0.6 is 0 Å². The fourth-order valence-electron chi connectivity index (χ4n) is 1.55. The normalized spacial score (nSPS) is 10.5. The Balaban J connectivity index is 2.43. The van der Waals surface area contributed by atoms with Gasteiger partial charge in [0.15, 0.2) is 0 Å². The minimum Gasteiger partial charge on any atom is -0.313 e. The van der Waals surface area contributed by atoms with Crippen LogP contribution in [0, 0.1) is 5.82 Å². The Bertz CT molecular complexity index is 580. The van der Waals surface area contributed by atoms with E-state index < -0.39 is 0 Å². The highest BCUT2D eigenvalue weighted by atomic mass is 19.1. The molecule has 1 heterocycles. The third kappa shape index (κ3) is 2.57. The van der Waals surface area contributed by atoms with Gasteiger partial charge < -0.3 is 10.3 Å². The maximum absolute atomic E-state index is 13.0. The van der Waals surface area contributed by atoms with Crippen LogP contribution in [0.25, 0.3) is 11.1 Å². The number of H-pyrrole nitrogens is 1. The minimum absolute atomic E-state index is 0.268. The Labute approximate surface area is 97.5 Å². The summed E-state index contributed by atoms with van der Waals surface area (Å²) in [6, 6.07) is 5.88. The number of rotatable bonds is 3. The van der Waals surface area contributed by atoms with E-state index >= 15 is 0 Å². The Morgan fingerprint density at radius 1 is 1.47 bits per heavy atom. The number of hydrogen-bond donors (Lipinski definition) is 2. The Morgan fingerprint density at radius 2 is 2.29 bits per heavy atom. The minimum atomic E-state index is -0.374. The summed E-state index contributed by atoms with van der Waals surface area (Å²) < 4.78 is 13.0. The summed E-state index contributed by atoms with van der Waals surface area (Å²) in [4.78, 5) is 18.5. The number of nitrogens with zero attached hydrogens (tertiary/aromatic N) is 1. The van der Waals surface area contributed by atoms with Crippen molar-refractivity contribution in [1.82, 2.24) is 15.3 Å². The molecule has 0 aliphatic carbocycles. The quantitative estimate of drug-likeness (QED) is 0.840. The van der Waals surface area contributed by atoms with E-state index in [1.165, 1.54) is 18.3 Å². The molecule has 0 unspecified atom stereocenters. The van der Waals surface area contributed by atoms with Gasteiger partial charge in [0, 0.05) is 6.20 Å². The van der Waals surface area contributed by atoms with Gasteiger partial charge in [0.25, 0.3) is 5.56 Å². The predicted octanol–water partition coefficient (Wildman–Crippen LogP) is 1.30. The molecular formula is C12H12FN3O. The molecule has 0 bridgehead atoms. The molecule has 1 aromatic carbocycles. The van der Waals surface area contributed by atoms with Crippen LogP contribution in [0.15, 0.2) is 35.3 Å². The van der Waals surface area contributed by atoms with Crippen LogP contribution in [0.3, 0.4) is 0 Å². The van der Waals surface area contributed by atoms with Crippen molar-refractivity contribution in [2.24, 2.45) is 0 Å². The molecule has 0 amide bonds. The number of aromatic amines is 1. The van der Waals surface area contributed by atoms with Gasteiger partial charge in [0.2, 0.25) is 0 Å². The smallest absolute Gasteiger partial charge is 0.258 e. The number of halogens is 1. The highest BCUT2D eigenvalue weighted by Gasteiger charge is 2.05. The van der Waals surface area contributed by atoms with Crippen LogP contribution < -0.4 is 10.9 Å². The number of hydrogen-bond acceptors (Lipinski definition) is 3. The first-order chi connectivity index (χ1) is 8.20. The number of nitrogens with one attached hydrogen (secondary N) is 2. The Morgan fingerprint density at radius 3 is 2.94 bits per heavy atom. The molecule has 0 fully saturated rings. The lowest BCUT2D eigenvalue weighted by atomic mass is 10.1. The second-order valence-corrected chi connectivity index (χ2v) is 3.61. The molecule has 2 N–H and O–H groups in total. The summed E-state index contributed by atoms with van der Waals surface area (Å²) in [6.07, 6.45) is 1.46. The van der Waals surface area contributed by atoms with Crippen LogP contribution in [0.4, 0.5) is 4.39 Å². The van der Waals surface area contributed by atoms with E-state index in [0.29, 0.717) is 23.5 Å². The van der Waals surface area contributed by atoms with E-state index in [4.69, 9.17) is 0 Å². The second kappa shape index (κ2) is 4.88. The van der Waals surface area contributed by atoms with E-state index in [-0.39, 0.29) is 11.4 Å². The summed E-state index contributed by atoms with van der Waals surface area (Å²) >= 11 is 0. The van der Waals surface area contributed by atoms with Crippen LogP contribution in [0.5, 0.6) is 0 Å². The van der Waals surface area contributed by atoms with E-state index in [1.54, 1.807) is 19.2 Å². The molecule has 0 saturated carbocycles. The third-order valence-corrected chi connectivity index (χ3v) is 2.33. The van der Waals surface area contributed by atoms with Crippen molar-refractivity contribution in [2.75, 3.05) is 7.05 Å². The molecule has 2 rings (SSSR count). The van der Waals surface area contributed by atoms with Gasteiger partial charge in [0.05, 0.1) is 12.1 Å². The lowest BCUT2D eigenvalue weighted by Crippen LogP contribution is -2.17. The Kier molecular flexibility index (Phi) is 3.30. The first-order valence-corrected chi connectivity index (χ1v) is 5.19. The van der Waals surface area contributed by atoms with Gasteiger partial charge in [-0.1, -0.05) is 12.1 Å². The molecule has 2 aromatic rings. The molecule has 0 spiro atoms. The van der Waals surface area contributed by atoms with Gasteiger partial charge in [-0.3, -0.25) is 4.79 Å². The predicted molar refractivity (Wildman–Crippen MR) is 63.0 cm³/mol. The largest absolute Gasteiger partial charge is 0.313 e. The highest BCUT2D eigenvalue weighted by molar-refractivity contribution is 5.61. The molecule has 5 heteroatoms. The zero-order valence-electron chi connectivity index (χ0n) is 9.33. The van der Waals surface area contributed by atoms with Crippen molar-refractivity contribution in [3.8, 4) is 11.1 Å². The number of aromatic nitrogens is 2. The van der Waals surface area contributed by atoms with Crippen molar-refractivity contribution in [1.29, 1.82) is 0 Å². The van der Waals surface area contributed by atoms with Gasteiger partial charge in [-0.25, -0.2) is 9.37 Å². The van der Waals surface area contributed by atoms with Crippen LogP contribution in [-0.4, -0.2) is 17.0 Å². The lowest BCUT2D eigenvalue weighted by molar-refractivity contribution is 0.628.